The maximum atomic E-state index is 12.8. The lowest BCUT2D eigenvalue weighted by atomic mass is 10.2. The van der Waals surface area contributed by atoms with E-state index in [-0.39, 0.29) is 15.2 Å². The molecule has 0 bridgehead atoms. The lowest BCUT2D eigenvalue weighted by molar-refractivity contribution is 0.595. The standard InChI is InChI=1S/C17H14ClNO3S/c1-10-5-11(2)7-13(6-10)23(21,22)16-9-19-15-4-3-12(18)8-14(15)17(16)20/h3-9H,1-2H3,(H,19,20). The number of H-pyrrole nitrogens is 1. The van der Waals surface area contributed by atoms with Gasteiger partial charge in [0, 0.05) is 22.1 Å². The molecule has 23 heavy (non-hydrogen) atoms. The highest BCUT2D eigenvalue weighted by Gasteiger charge is 2.23. The lowest BCUT2D eigenvalue weighted by Crippen LogP contribution is -2.16. The zero-order valence-electron chi connectivity index (χ0n) is 12.6. The number of hydrogen-bond donors (Lipinski definition) is 1. The third-order valence-electron chi connectivity index (χ3n) is 3.60. The summed E-state index contributed by atoms with van der Waals surface area (Å²) in [5.41, 5.74) is 1.63. The second-order valence-corrected chi connectivity index (χ2v) is 7.85. The van der Waals surface area contributed by atoms with Crippen LogP contribution < -0.4 is 5.43 Å². The van der Waals surface area contributed by atoms with Crippen LogP contribution >= 0.6 is 11.6 Å². The molecule has 0 unspecified atom stereocenters. The largest absolute Gasteiger partial charge is 0.360 e. The molecule has 3 aromatic rings. The fourth-order valence-corrected chi connectivity index (χ4v) is 4.26. The van der Waals surface area contributed by atoms with Crippen molar-refractivity contribution in [2.45, 2.75) is 23.6 Å². The van der Waals surface area contributed by atoms with Crippen molar-refractivity contribution in [3.63, 3.8) is 0 Å². The van der Waals surface area contributed by atoms with Crippen LogP contribution in [0, 0.1) is 13.8 Å². The van der Waals surface area contributed by atoms with Gasteiger partial charge < -0.3 is 4.98 Å². The molecule has 0 aliphatic carbocycles. The van der Waals surface area contributed by atoms with E-state index in [1.807, 2.05) is 19.9 Å². The van der Waals surface area contributed by atoms with E-state index in [1.165, 1.54) is 12.3 Å². The molecule has 2 aromatic carbocycles. The van der Waals surface area contributed by atoms with Crippen LogP contribution in [-0.2, 0) is 9.84 Å². The van der Waals surface area contributed by atoms with E-state index in [9.17, 15) is 13.2 Å². The number of sulfone groups is 1. The third kappa shape index (κ3) is 2.78. The summed E-state index contributed by atoms with van der Waals surface area (Å²) in [6.45, 7) is 3.63. The molecule has 0 saturated carbocycles. The Morgan fingerprint density at radius 2 is 1.65 bits per heavy atom. The van der Waals surface area contributed by atoms with Crippen LogP contribution in [-0.4, -0.2) is 13.4 Å². The first-order valence-electron chi connectivity index (χ1n) is 6.93. The Morgan fingerprint density at radius 3 is 2.30 bits per heavy atom. The number of aryl methyl sites for hydroxylation is 2. The average Bonchev–Trinajstić information content (AvgIpc) is 2.47. The van der Waals surface area contributed by atoms with Gasteiger partial charge in [0.05, 0.1) is 4.90 Å². The van der Waals surface area contributed by atoms with Crippen molar-refractivity contribution in [3.05, 3.63) is 69.0 Å². The summed E-state index contributed by atoms with van der Waals surface area (Å²) >= 11 is 5.91. The highest BCUT2D eigenvalue weighted by atomic mass is 35.5. The van der Waals surface area contributed by atoms with Crippen molar-refractivity contribution in [1.29, 1.82) is 0 Å². The number of rotatable bonds is 2. The Morgan fingerprint density at radius 1 is 1.00 bits per heavy atom. The smallest absolute Gasteiger partial charge is 0.211 e. The van der Waals surface area contributed by atoms with Crippen LogP contribution in [0.25, 0.3) is 10.9 Å². The second kappa shape index (κ2) is 5.51. The molecule has 6 heteroatoms. The van der Waals surface area contributed by atoms with Crippen LogP contribution in [0.4, 0.5) is 0 Å². The maximum Gasteiger partial charge on any atom is 0.211 e. The molecule has 4 nitrogen and oxygen atoms in total. The van der Waals surface area contributed by atoms with Gasteiger partial charge in [0.15, 0.2) is 0 Å². The molecule has 1 aromatic heterocycles. The zero-order valence-corrected chi connectivity index (χ0v) is 14.1. The van der Waals surface area contributed by atoms with Crippen LogP contribution in [0.2, 0.25) is 5.02 Å². The molecule has 0 amide bonds. The number of fused-ring (bicyclic) bond motifs is 1. The Kier molecular flexibility index (Phi) is 3.78. The Hall–Kier alpha value is -2.11. The molecule has 0 aliphatic rings. The third-order valence-corrected chi connectivity index (χ3v) is 5.58. The van der Waals surface area contributed by atoms with Gasteiger partial charge in [0.1, 0.15) is 4.90 Å². The van der Waals surface area contributed by atoms with Crippen LogP contribution in [0.5, 0.6) is 0 Å². The van der Waals surface area contributed by atoms with Gasteiger partial charge in [0.2, 0.25) is 15.3 Å². The summed E-state index contributed by atoms with van der Waals surface area (Å²) in [4.78, 5) is 15.3. The number of aromatic amines is 1. The number of hydrogen-bond acceptors (Lipinski definition) is 3. The minimum absolute atomic E-state index is 0.113. The maximum absolute atomic E-state index is 12.8. The number of halogens is 1. The first-order chi connectivity index (χ1) is 10.8. The molecule has 0 saturated heterocycles. The quantitative estimate of drug-likeness (QED) is 0.769. The highest BCUT2D eigenvalue weighted by Crippen LogP contribution is 2.23. The monoisotopic (exact) mass is 347 g/mol. The molecular formula is C17H14ClNO3S. The first kappa shape index (κ1) is 15.8. The molecule has 0 radical (unpaired) electrons. The van der Waals surface area contributed by atoms with E-state index < -0.39 is 15.3 Å². The SMILES string of the molecule is Cc1cc(C)cc(S(=O)(=O)c2c[nH]c3ccc(Cl)cc3c2=O)c1. The molecule has 0 aliphatic heterocycles. The van der Waals surface area contributed by atoms with Gasteiger partial charge in [-0.05, 0) is 55.3 Å². The second-order valence-electron chi connectivity index (χ2n) is 5.50. The van der Waals surface area contributed by atoms with Gasteiger partial charge in [-0.25, -0.2) is 8.42 Å². The van der Waals surface area contributed by atoms with Crippen LogP contribution in [0.15, 0.2) is 57.2 Å². The van der Waals surface area contributed by atoms with E-state index in [0.29, 0.717) is 10.5 Å². The van der Waals surface area contributed by atoms with Crippen molar-refractivity contribution < 1.29 is 8.42 Å². The molecule has 1 heterocycles. The Balaban J connectivity index is 2.31. The van der Waals surface area contributed by atoms with Gasteiger partial charge in [-0.15, -0.1) is 0 Å². The zero-order chi connectivity index (χ0) is 16.8. The minimum Gasteiger partial charge on any atom is -0.360 e. The summed E-state index contributed by atoms with van der Waals surface area (Å²) in [7, 11) is -3.91. The van der Waals surface area contributed by atoms with Crippen molar-refractivity contribution in [1.82, 2.24) is 4.98 Å². The fourth-order valence-electron chi connectivity index (χ4n) is 2.59. The van der Waals surface area contributed by atoms with E-state index >= 15 is 0 Å². The number of pyridine rings is 1. The topological polar surface area (TPSA) is 67.0 Å². The predicted molar refractivity (Wildman–Crippen MR) is 90.9 cm³/mol. The van der Waals surface area contributed by atoms with Crippen LogP contribution in [0.3, 0.4) is 0 Å². The Bertz CT molecular complexity index is 1060. The molecule has 0 fully saturated rings. The van der Waals surface area contributed by atoms with E-state index in [2.05, 4.69) is 4.98 Å². The average molecular weight is 348 g/mol. The first-order valence-corrected chi connectivity index (χ1v) is 8.79. The van der Waals surface area contributed by atoms with Gasteiger partial charge in [-0.1, -0.05) is 17.7 Å². The van der Waals surface area contributed by atoms with Crippen molar-refractivity contribution in [2.24, 2.45) is 0 Å². The molecule has 3 rings (SSSR count). The van der Waals surface area contributed by atoms with Crippen molar-refractivity contribution >= 4 is 32.3 Å². The summed E-state index contributed by atoms with van der Waals surface area (Å²) < 4.78 is 25.7. The minimum atomic E-state index is -3.91. The predicted octanol–water partition coefficient (Wildman–Crippen LogP) is 3.63. The van der Waals surface area contributed by atoms with Crippen molar-refractivity contribution in [3.8, 4) is 0 Å². The number of nitrogens with one attached hydrogen (secondary N) is 1. The van der Waals surface area contributed by atoms with Gasteiger partial charge >= 0.3 is 0 Å². The number of benzene rings is 2. The van der Waals surface area contributed by atoms with Gasteiger partial charge in [-0.3, -0.25) is 4.79 Å². The summed E-state index contributed by atoms with van der Waals surface area (Å²) in [5.74, 6) is 0. The Labute approximate surface area is 138 Å². The molecular weight excluding hydrogens is 334 g/mol. The van der Waals surface area contributed by atoms with Crippen LogP contribution in [0.1, 0.15) is 11.1 Å². The van der Waals surface area contributed by atoms with Crippen molar-refractivity contribution in [2.75, 3.05) is 0 Å². The van der Waals surface area contributed by atoms with E-state index in [0.717, 1.165) is 11.1 Å². The normalized spacial score (nSPS) is 11.8. The summed E-state index contributed by atoms with van der Waals surface area (Å²) in [6, 6.07) is 9.75. The van der Waals surface area contributed by atoms with Gasteiger partial charge in [0.25, 0.3) is 0 Å². The van der Waals surface area contributed by atoms with E-state index in [1.54, 1.807) is 24.3 Å². The summed E-state index contributed by atoms with van der Waals surface area (Å²) in [5, 5.41) is 0.631. The highest BCUT2D eigenvalue weighted by molar-refractivity contribution is 7.91. The molecule has 0 atom stereocenters. The molecule has 1 N–H and O–H groups in total. The molecule has 118 valence electrons. The summed E-state index contributed by atoms with van der Waals surface area (Å²) in [6.07, 6.45) is 1.24. The molecule has 0 spiro atoms. The van der Waals surface area contributed by atoms with E-state index in [4.69, 9.17) is 11.6 Å². The fraction of sp³-hybridized carbons (Fsp3) is 0.118. The lowest BCUT2D eigenvalue weighted by Gasteiger charge is -2.08. The number of aromatic nitrogens is 1. The van der Waals surface area contributed by atoms with Gasteiger partial charge in [-0.2, -0.15) is 0 Å².